The first-order chi connectivity index (χ1) is 14.4. The van der Waals surface area contributed by atoms with Crippen LogP contribution in [0, 0.1) is 0 Å². The summed E-state index contributed by atoms with van der Waals surface area (Å²) in [4.78, 5) is 14.3. The van der Waals surface area contributed by atoms with Crippen molar-refractivity contribution in [3.05, 3.63) is 63.7 Å². The van der Waals surface area contributed by atoms with Gasteiger partial charge in [-0.2, -0.15) is 18.3 Å². The lowest BCUT2D eigenvalue weighted by atomic mass is 9.80. The van der Waals surface area contributed by atoms with Crippen LogP contribution in [0.3, 0.4) is 0 Å². The zero-order chi connectivity index (χ0) is 23.0. The van der Waals surface area contributed by atoms with Crippen molar-refractivity contribution >= 4 is 29.4 Å². The molecule has 166 valence electrons. The third kappa shape index (κ3) is 5.21. The Morgan fingerprint density at radius 3 is 2.71 bits per heavy atom. The van der Waals surface area contributed by atoms with Crippen LogP contribution < -0.4 is 10.3 Å². The van der Waals surface area contributed by atoms with Crippen LogP contribution in [0.15, 0.2) is 41.5 Å². The van der Waals surface area contributed by atoms with Crippen molar-refractivity contribution in [3.8, 4) is 0 Å². The average Bonchev–Trinajstić information content (AvgIpc) is 2.66. The number of carbonyl (C=O) groups is 1. The fraction of sp³-hybridized carbons (Fsp3) is 0.391. The number of hydrazone groups is 1. The Hall–Kier alpha value is -2.54. The fourth-order valence-electron chi connectivity index (χ4n) is 3.96. The van der Waals surface area contributed by atoms with Crippen molar-refractivity contribution in [3.63, 3.8) is 0 Å². The Morgan fingerprint density at radius 1 is 1.32 bits per heavy atom. The van der Waals surface area contributed by atoms with Crippen molar-refractivity contribution in [2.45, 2.75) is 51.2 Å². The molecule has 0 saturated carbocycles. The van der Waals surface area contributed by atoms with Gasteiger partial charge in [0.1, 0.15) is 0 Å². The summed E-state index contributed by atoms with van der Waals surface area (Å²) in [6.07, 6.45) is -2.22. The highest BCUT2D eigenvalue weighted by Gasteiger charge is 2.34. The van der Waals surface area contributed by atoms with Gasteiger partial charge in [-0.05, 0) is 55.5 Å². The van der Waals surface area contributed by atoms with Gasteiger partial charge in [0.15, 0.2) is 0 Å². The second-order valence-corrected chi connectivity index (χ2v) is 8.98. The Balaban J connectivity index is 1.71. The molecule has 0 spiro atoms. The maximum absolute atomic E-state index is 12.8. The minimum absolute atomic E-state index is 0.0166. The van der Waals surface area contributed by atoms with Crippen LogP contribution in [0.2, 0.25) is 5.02 Å². The number of carbonyl (C=O) groups excluding carboxylic acids is 1. The Kier molecular flexibility index (Phi) is 6.37. The molecule has 1 aliphatic rings. The number of fused-ring (bicyclic) bond motifs is 1. The van der Waals surface area contributed by atoms with Gasteiger partial charge in [-0.25, -0.2) is 5.43 Å². The van der Waals surface area contributed by atoms with Gasteiger partial charge in [0.2, 0.25) is 5.91 Å². The van der Waals surface area contributed by atoms with Gasteiger partial charge >= 0.3 is 6.18 Å². The van der Waals surface area contributed by atoms with E-state index in [1.54, 1.807) is 0 Å². The van der Waals surface area contributed by atoms with Crippen molar-refractivity contribution in [2.24, 2.45) is 5.10 Å². The molecule has 31 heavy (non-hydrogen) atoms. The highest BCUT2D eigenvalue weighted by Crippen LogP contribution is 2.44. The number of nitrogens with zero attached hydrogens (tertiary/aromatic N) is 2. The lowest BCUT2D eigenvalue weighted by molar-refractivity contribution is -0.137. The summed E-state index contributed by atoms with van der Waals surface area (Å²) in [6, 6.07) is 8.55. The van der Waals surface area contributed by atoms with Crippen LogP contribution in [-0.2, 0) is 17.4 Å². The van der Waals surface area contributed by atoms with Crippen molar-refractivity contribution in [1.29, 1.82) is 0 Å². The third-order valence-electron chi connectivity index (χ3n) is 5.76. The summed E-state index contributed by atoms with van der Waals surface area (Å²) >= 11 is 6.44. The van der Waals surface area contributed by atoms with E-state index in [1.165, 1.54) is 18.3 Å². The fourth-order valence-corrected chi connectivity index (χ4v) is 4.17. The summed E-state index contributed by atoms with van der Waals surface area (Å²) in [5, 5.41) is 4.45. The maximum Gasteiger partial charge on any atom is 0.416 e. The second kappa shape index (κ2) is 8.54. The number of nitrogens with one attached hydrogen (secondary N) is 1. The number of benzene rings is 2. The molecule has 0 radical (unpaired) electrons. The summed E-state index contributed by atoms with van der Waals surface area (Å²) in [5.41, 5.74) is 4.74. The number of halogens is 4. The quantitative estimate of drug-likeness (QED) is 0.473. The minimum Gasteiger partial charge on any atom is -0.369 e. The van der Waals surface area contributed by atoms with Crippen LogP contribution in [0.25, 0.3) is 0 Å². The van der Waals surface area contributed by atoms with E-state index in [2.05, 4.69) is 36.2 Å². The molecule has 8 heteroatoms. The zero-order valence-electron chi connectivity index (χ0n) is 17.8. The minimum atomic E-state index is -4.45. The van der Waals surface area contributed by atoms with Gasteiger partial charge in [0.25, 0.3) is 0 Å². The molecule has 0 saturated heterocycles. The Morgan fingerprint density at radius 2 is 2.03 bits per heavy atom. The standard InChI is InChI=1S/C23H25ClF3N3O/c1-14-12-22(2,3)30(4)20-11-19(24)16(10-18(14)20)13-28-29-21(31)9-15-6-5-7-17(8-15)23(25,26)27/h5-8,10-11,13-14H,9,12H2,1-4H3,(H,29,31)/b28-13-. The van der Waals surface area contributed by atoms with E-state index in [0.29, 0.717) is 16.5 Å². The monoisotopic (exact) mass is 451 g/mol. The summed E-state index contributed by atoms with van der Waals surface area (Å²) in [5.74, 6) is -0.180. The van der Waals surface area contributed by atoms with Crippen LogP contribution in [0.1, 0.15) is 55.4 Å². The summed E-state index contributed by atoms with van der Waals surface area (Å²) in [7, 11) is 2.04. The molecule has 0 bridgehead atoms. The molecule has 2 aromatic carbocycles. The summed E-state index contributed by atoms with van der Waals surface area (Å²) < 4.78 is 38.4. The van der Waals surface area contributed by atoms with Crippen LogP contribution >= 0.6 is 11.6 Å². The lowest BCUT2D eigenvalue weighted by Gasteiger charge is -2.45. The van der Waals surface area contributed by atoms with E-state index in [-0.39, 0.29) is 17.5 Å². The number of amides is 1. The average molecular weight is 452 g/mol. The summed E-state index contributed by atoms with van der Waals surface area (Å²) in [6.45, 7) is 6.55. The van der Waals surface area contributed by atoms with E-state index < -0.39 is 17.6 Å². The first kappa shape index (κ1) is 23.1. The normalized spacial score (nSPS) is 18.2. The smallest absolute Gasteiger partial charge is 0.369 e. The third-order valence-corrected chi connectivity index (χ3v) is 6.09. The maximum atomic E-state index is 12.8. The van der Waals surface area contributed by atoms with Gasteiger partial charge < -0.3 is 4.90 Å². The molecule has 2 aromatic rings. The van der Waals surface area contributed by atoms with Gasteiger partial charge in [0.05, 0.1) is 23.2 Å². The number of hydrogen-bond acceptors (Lipinski definition) is 3. The van der Waals surface area contributed by atoms with Gasteiger partial charge in [-0.3, -0.25) is 4.79 Å². The molecule has 0 aliphatic carbocycles. The Bertz CT molecular complexity index is 1020. The molecule has 4 nitrogen and oxygen atoms in total. The predicted molar refractivity (Wildman–Crippen MR) is 118 cm³/mol. The molecule has 1 N–H and O–H groups in total. The van der Waals surface area contributed by atoms with E-state index in [9.17, 15) is 18.0 Å². The SMILES string of the molecule is CC1CC(C)(C)N(C)c2cc(Cl)c(/C=N\NC(=O)Cc3cccc(C(F)(F)F)c3)cc21. The molecule has 1 unspecified atom stereocenters. The number of anilines is 1. The van der Waals surface area contributed by atoms with Crippen molar-refractivity contribution in [1.82, 2.24) is 5.43 Å². The lowest BCUT2D eigenvalue weighted by Crippen LogP contribution is -2.45. The topological polar surface area (TPSA) is 44.7 Å². The molecular formula is C23H25ClF3N3O. The molecule has 1 heterocycles. The number of rotatable bonds is 4. The highest BCUT2D eigenvalue weighted by molar-refractivity contribution is 6.33. The first-order valence-electron chi connectivity index (χ1n) is 9.94. The van der Waals surface area contributed by atoms with Gasteiger partial charge in [-0.1, -0.05) is 36.7 Å². The Labute approximate surface area is 185 Å². The van der Waals surface area contributed by atoms with E-state index in [1.807, 2.05) is 19.2 Å². The molecule has 3 rings (SSSR count). The van der Waals surface area contributed by atoms with E-state index >= 15 is 0 Å². The van der Waals surface area contributed by atoms with Gasteiger partial charge in [0, 0.05) is 23.8 Å². The predicted octanol–water partition coefficient (Wildman–Crippen LogP) is 5.77. The first-order valence-corrected chi connectivity index (χ1v) is 10.3. The van der Waals surface area contributed by atoms with E-state index in [0.717, 1.165) is 29.8 Å². The molecule has 0 fully saturated rings. The van der Waals surface area contributed by atoms with Crippen LogP contribution in [-0.4, -0.2) is 24.7 Å². The highest BCUT2D eigenvalue weighted by atomic mass is 35.5. The van der Waals surface area contributed by atoms with Crippen molar-refractivity contribution < 1.29 is 18.0 Å². The largest absolute Gasteiger partial charge is 0.416 e. The van der Waals surface area contributed by atoms with Crippen LogP contribution in [0.5, 0.6) is 0 Å². The second-order valence-electron chi connectivity index (χ2n) is 8.58. The van der Waals surface area contributed by atoms with Crippen LogP contribution in [0.4, 0.5) is 18.9 Å². The molecule has 1 amide bonds. The van der Waals surface area contributed by atoms with Crippen molar-refractivity contribution in [2.75, 3.05) is 11.9 Å². The van der Waals surface area contributed by atoms with E-state index in [4.69, 9.17) is 11.6 Å². The molecule has 1 atom stereocenters. The van der Waals surface area contributed by atoms with Gasteiger partial charge in [-0.15, -0.1) is 0 Å². The number of hydrogen-bond donors (Lipinski definition) is 1. The molecular weight excluding hydrogens is 427 g/mol. The molecule has 0 aromatic heterocycles. The molecule has 1 aliphatic heterocycles. The zero-order valence-corrected chi connectivity index (χ0v) is 18.6. The number of alkyl halides is 3.